The van der Waals surface area contributed by atoms with E-state index in [9.17, 15) is 13.6 Å². The number of benzene rings is 2. The zero-order valence-electron chi connectivity index (χ0n) is 10.4. The number of alkyl halides is 2. The van der Waals surface area contributed by atoms with Gasteiger partial charge in [0.25, 0.3) is 5.91 Å². The van der Waals surface area contributed by atoms with Crippen molar-refractivity contribution in [3.05, 3.63) is 58.1 Å². The Morgan fingerprint density at radius 1 is 1.10 bits per heavy atom. The predicted octanol–water partition coefficient (Wildman–Crippen LogP) is 4.85. The fraction of sp³-hybridized carbons (Fsp3) is 0.0714. The van der Waals surface area contributed by atoms with Crippen LogP contribution < -0.4 is 10.1 Å². The highest BCUT2D eigenvalue weighted by Crippen LogP contribution is 2.23. The first-order valence-corrected chi connectivity index (χ1v) is 6.52. The molecule has 0 atom stereocenters. The van der Waals surface area contributed by atoms with Gasteiger partial charge in [-0.05, 0) is 42.5 Å². The van der Waals surface area contributed by atoms with Crippen LogP contribution in [0.15, 0.2) is 42.5 Å². The third-order valence-corrected chi connectivity index (χ3v) is 3.08. The van der Waals surface area contributed by atoms with Crippen molar-refractivity contribution in [1.29, 1.82) is 0 Å². The van der Waals surface area contributed by atoms with Crippen LogP contribution in [0.5, 0.6) is 5.75 Å². The van der Waals surface area contributed by atoms with E-state index in [4.69, 9.17) is 23.2 Å². The third-order valence-electron chi connectivity index (χ3n) is 2.51. The molecule has 0 saturated heterocycles. The van der Waals surface area contributed by atoms with Gasteiger partial charge in [0.2, 0.25) is 0 Å². The number of rotatable bonds is 4. The lowest BCUT2D eigenvalue weighted by Crippen LogP contribution is -2.12. The van der Waals surface area contributed by atoms with Crippen LogP contribution in [0, 0.1) is 0 Å². The second-order valence-corrected chi connectivity index (χ2v) is 4.82. The van der Waals surface area contributed by atoms with Gasteiger partial charge < -0.3 is 10.1 Å². The van der Waals surface area contributed by atoms with Crippen molar-refractivity contribution >= 4 is 34.8 Å². The van der Waals surface area contributed by atoms with E-state index < -0.39 is 12.5 Å². The minimum Gasteiger partial charge on any atom is -0.435 e. The van der Waals surface area contributed by atoms with Gasteiger partial charge in [-0.2, -0.15) is 8.78 Å². The van der Waals surface area contributed by atoms with Crippen LogP contribution in [0.4, 0.5) is 14.5 Å². The number of carbonyl (C=O) groups is 1. The van der Waals surface area contributed by atoms with E-state index in [0.717, 1.165) is 0 Å². The summed E-state index contributed by atoms with van der Waals surface area (Å²) in [6, 6.07) is 10.0. The van der Waals surface area contributed by atoms with Crippen molar-refractivity contribution in [3.63, 3.8) is 0 Å². The molecule has 2 rings (SSSR count). The third kappa shape index (κ3) is 4.31. The Morgan fingerprint density at radius 3 is 2.38 bits per heavy atom. The predicted molar refractivity (Wildman–Crippen MR) is 77.5 cm³/mol. The lowest BCUT2D eigenvalue weighted by atomic mass is 10.2. The van der Waals surface area contributed by atoms with Crippen molar-refractivity contribution in [1.82, 2.24) is 0 Å². The van der Waals surface area contributed by atoms with Gasteiger partial charge in [0.15, 0.2) is 0 Å². The number of hydrogen-bond acceptors (Lipinski definition) is 2. The van der Waals surface area contributed by atoms with E-state index in [1.807, 2.05) is 0 Å². The van der Waals surface area contributed by atoms with Crippen molar-refractivity contribution in [2.45, 2.75) is 6.61 Å². The number of hydrogen-bond donors (Lipinski definition) is 1. The molecular formula is C14H9Cl2F2NO2. The lowest BCUT2D eigenvalue weighted by Gasteiger charge is -2.08. The number of halogens is 4. The Labute approximate surface area is 129 Å². The maximum absolute atomic E-state index is 12.0. The van der Waals surface area contributed by atoms with Crippen LogP contribution in [0.25, 0.3) is 0 Å². The number of carbonyl (C=O) groups excluding carboxylic acids is 1. The van der Waals surface area contributed by atoms with Crippen LogP contribution in [-0.4, -0.2) is 12.5 Å². The van der Waals surface area contributed by atoms with Crippen LogP contribution in [0.2, 0.25) is 10.0 Å². The summed E-state index contributed by atoms with van der Waals surface area (Å²) in [7, 11) is 0. The molecule has 0 aliphatic carbocycles. The molecule has 0 bridgehead atoms. The molecule has 3 nitrogen and oxygen atoms in total. The number of amides is 1. The lowest BCUT2D eigenvalue weighted by molar-refractivity contribution is -0.0498. The molecule has 1 N–H and O–H groups in total. The van der Waals surface area contributed by atoms with Crippen molar-refractivity contribution in [2.24, 2.45) is 0 Å². The molecule has 2 aromatic rings. The Hall–Kier alpha value is -1.85. The highest BCUT2D eigenvalue weighted by molar-refractivity contribution is 6.36. The highest BCUT2D eigenvalue weighted by atomic mass is 35.5. The molecule has 0 spiro atoms. The molecule has 0 unspecified atom stereocenters. The van der Waals surface area contributed by atoms with Crippen molar-refractivity contribution in [3.8, 4) is 5.75 Å². The Kier molecular flexibility index (Phi) is 4.98. The maximum atomic E-state index is 12.0. The van der Waals surface area contributed by atoms with Gasteiger partial charge in [-0.15, -0.1) is 0 Å². The average molecular weight is 332 g/mol. The average Bonchev–Trinajstić information content (AvgIpc) is 2.43. The van der Waals surface area contributed by atoms with Crippen LogP contribution in [-0.2, 0) is 0 Å². The summed E-state index contributed by atoms with van der Waals surface area (Å²) in [5.74, 6) is -0.450. The molecule has 2 aromatic carbocycles. The topological polar surface area (TPSA) is 38.3 Å². The first kappa shape index (κ1) is 15.5. The van der Waals surface area contributed by atoms with Crippen molar-refractivity contribution < 1.29 is 18.3 Å². The van der Waals surface area contributed by atoms with Gasteiger partial charge >= 0.3 is 6.61 Å². The van der Waals surface area contributed by atoms with Gasteiger partial charge in [-0.1, -0.05) is 23.2 Å². The Balaban J connectivity index is 2.10. The highest BCUT2D eigenvalue weighted by Gasteiger charge is 2.11. The smallest absolute Gasteiger partial charge is 0.387 e. The fourth-order valence-electron chi connectivity index (χ4n) is 1.59. The first-order chi connectivity index (χ1) is 9.95. The number of nitrogens with one attached hydrogen (secondary N) is 1. The monoisotopic (exact) mass is 331 g/mol. The standard InChI is InChI=1S/C14H9Cl2F2NO2/c15-8-1-6-12(16)11(7-8)13(20)19-9-2-4-10(5-3-9)21-14(17)18/h1-7,14H,(H,19,20). The molecule has 1 amide bonds. The molecule has 0 fully saturated rings. The van der Waals surface area contributed by atoms with E-state index in [0.29, 0.717) is 10.7 Å². The second kappa shape index (κ2) is 6.74. The van der Waals surface area contributed by atoms with E-state index in [1.54, 1.807) is 6.07 Å². The normalized spacial score (nSPS) is 10.5. The Bertz CT molecular complexity index is 648. The molecule has 0 aromatic heterocycles. The van der Waals surface area contributed by atoms with Gasteiger partial charge in [0.1, 0.15) is 5.75 Å². The van der Waals surface area contributed by atoms with Crippen molar-refractivity contribution in [2.75, 3.05) is 5.32 Å². The summed E-state index contributed by atoms with van der Waals surface area (Å²) in [5, 5.41) is 3.22. The van der Waals surface area contributed by atoms with Crippen LogP contribution >= 0.6 is 23.2 Å². The second-order valence-electron chi connectivity index (χ2n) is 3.98. The van der Waals surface area contributed by atoms with Gasteiger partial charge in [0.05, 0.1) is 10.6 Å². The molecular weight excluding hydrogens is 323 g/mol. The molecule has 21 heavy (non-hydrogen) atoms. The van der Waals surface area contributed by atoms with Gasteiger partial charge in [-0.3, -0.25) is 4.79 Å². The van der Waals surface area contributed by atoms with Crippen LogP contribution in [0.3, 0.4) is 0 Å². The van der Waals surface area contributed by atoms with Gasteiger partial charge in [0, 0.05) is 10.7 Å². The summed E-state index contributed by atoms with van der Waals surface area (Å²) in [6.07, 6.45) is 0. The number of anilines is 1. The van der Waals surface area contributed by atoms with Crippen LogP contribution in [0.1, 0.15) is 10.4 Å². The Morgan fingerprint density at radius 2 is 1.76 bits per heavy atom. The molecule has 0 heterocycles. The summed E-state index contributed by atoms with van der Waals surface area (Å²) >= 11 is 11.7. The summed E-state index contributed by atoms with van der Waals surface area (Å²) in [6.45, 7) is -2.89. The maximum Gasteiger partial charge on any atom is 0.387 e. The molecule has 0 radical (unpaired) electrons. The van der Waals surface area contributed by atoms with E-state index in [1.165, 1.54) is 36.4 Å². The zero-order valence-corrected chi connectivity index (χ0v) is 12.0. The summed E-state index contributed by atoms with van der Waals surface area (Å²) in [4.78, 5) is 12.0. The summed E-state index contributed by atoms with van der Waals surface area (Å²) in [5.41, 5.74) is 0.634. The molecule has 0 aliphatic rings. The largest absolute Gasteiger partial charge is 0.435 e. The van der Waals surface area contributed by atoms with Gasteiger partial charge in [-0.25, -0.2) is 0 Å². The molecule has 7 heteroatoms. The van der Waals surface area contributed by atoms with E-state index >= 15 is 0 Å². The number of ether oxygens (including phenoxy) is 1. The van der Waals surface area contributed by atoms with E-state index in [2.05, 4.69) is 10.1 Å². The minimum absolute atomic E-state index is 0.00351. The summed E-state index contributed by atoms with van der Waals surface area (Å²) < 4.78 is 28.2. The van der Waals surface area contributed by atoms with E-state index in [-0.39, 0.29) is 16.3 Å². The molecule has 0 saturated carbocycles. The SMILES string of the molecule is O=C(Nc1ccc(OC(F)F)cc1)c1cc(Cl)ccc1Cl. The quantitative estimate of drug-likeness (QED) is 0.869. The minimum atomic E-state index is -2.89. The molecule has 0 aliphatic heterocycles. The fourth-order valence-corrected chi connectivity index (χ4v) is 1.97. The first-order valence-electron chi connectivity index (χ1n) is 5.77. The zero-order chi connectivity index (χ0) is 15.4. The molecule has 110 valence electrons.